The number of esters is 2. The van der Waals surface area contributed by atoms with Crippen molar-refractivity contribution in [2.75, 3.05) is 0 Å². The summed E-state index contributed by atoms with van der Waals surface area (Å²) < 4.78 is 10.9. The third-order valence-corrected chi connectivity index (χ3v) is 4.29. The normalized spacial score (nSPS) is 28.6. The van der Waals surface area contributed by atoms with Gasteiger partial charge in [0, 0.05) is 19.8 Å². The summed E-state index contributed by atoms with van der Waals surface area (Å²) in [5, 5.41) is 0. The van der Waals surface area contributed by atoms with Gasteiger partial charge in [-0.15, -0.1) is 0 Å². The van der Waals surface area contributed by atoms with E-state index in [2.05, 4.69) is 19.9 Å². The van der Waals surface area contributed by atoms with Crippen molar-refractivity contribution in [2.45, 2.75) is 53.4 Å². The molecule has 0 radical (unpaired) electrons. The van der Waals surface area contributed by atoms with Gasteiger partial charge in [-0.1, -0.05) is 19.9 Å². The van der Waals surface area contributed by atoms with E-state index >= 15 is 0 Å². The lowest BCUT2D eigenvalue weighted by Crippen LogP contribution is -2.28. The summed E-state index contributed by atoms with van der Waals surface area (Å²) in [6, 6.07) is 0. The van der Waals surface area contributed by atoms with Gasteiger partial charge >= 0.3 is 11.9 Å². The van der Waals surface area contributed by atoms with Crippen molar-refractivity contribution in [1.82, 2.24) is 0 Å². The highest BCUT2D eigenvalue weighted by Crippen LogP contribution is 2.45. The Hall–Kier alpha value is -1.58. The number of fused-ring (bicyclic) bond motifs is 1. The van der Waals surface area contributed by atoms with E-state index in [1.165, 1.54) is 13.8 Å². The fourth-order valence-corrected chi connectivity index (χ4v) is 3.32. The molecule has 4 heteroatoms. The Morgan fingerprint density at radius 1 is 1.19 bits per heavy atom. The summed E-state index contributed by atoms with van der Waals surface area (Å²) in [6.45, 7) is 7.00. The van der Waals surface area contributed by atoms with Gasteiger partial charge in [0.2, 0.25) is 0 Å². The van der Waals surface area contributed by atoms with Crippen LogP contribution in [0.3, 0.4) is 0 Å². The molecule has 3 atom stereocenters. The van der Waals surface area contributed by atoms with Crippen LogP contribution >= 0.6 is 0 Å². The van der Waals surface area contributed by atoms with Crippen molar-refractivity contribution in [3.05, 3.63) is 23.2 Å². The molecular formula is C17H24O4. The molecule has 0 bridgehead atoms. The lowest BCUT2D eigenvalue weighted by molar-refractivity contribution is -0.142. The molecule has 0 heterocycles. The first-order valence-corrected chi connectivity index (χ1v) is 7.75. The minimum absolute atomic E-state index is 0.138. The molecule has 0 aliphatic heterocycles. The summed E-state index contributed by atoms with van der Waals surface area (Å²) in [5.41, 5.74) is 1.05. The third-order valence-electron chi connectivity index (χ3n) is 4.29. The molecule has 0 saturated heterocycles. The van der Waals surface area contributed by atoms with Crippen molar-refractivity contribution < 1.29 is 19.1 Å². The molecule has 0 aromatic carbocycles. The van der Waals surface area contributed by atoms with Crippen LogP contribution in [-0.4, -0.2) is 11.9 Å². The van der Waals surface area contributed by atoms with Gasteiger partial charge in [-0.05, 0) is 43.1 Å². The van der Waals surface area contributed by atoms with Crippen molar-refractivity contribution in [3.63, 3.8) is 0 Å². The zero-order valence-corrected chi connectivity index (χ0v) is 13.3. The number of hydrogen-bond acceptors (Lipinski definition) is 4. The van der Waals surface area contributed by atoms with Crippen molar-refractivity contribution in [2.24, 2.45) is 17.8 Å². The molecule has 0 fully saturated rings. The molecule has 0 amide bonds. The van der Waals surface area contributed by atoms with Crippen LogP contribution in [0.1, 0.15) is 53.4 Å². The second kappa shape index (κ2) is 6.46. The first kappa shape index (κ1) is 15.8. The Balaban J connectivity index is 2.50. The monoisotopic (exact) mass is 292 g/mol. The van der Waals surface area contributed by atoms with Crippen LogP contribution in [0.5, 0.6) is 0 Å². The molecule has 0 aromatic heterocycles. The molecule has 2 rings (SSSR count). The number of allylic oxidation sites excluding steroid dienone is 3. The molecule has 2 aliphatic carbocycles. The largest absolute Gasteiger partial charge is 0.427 e. The summed E-state index contributed by atoms with van der Waals surface area (Å²) >= 11 is 0. The van der Waals surface area contributed by atoms with Crippen molar-refractivity contribution >= 4 is 11.9 Å². The molecule has 0 N–H and O–H groups in total. The van der Waals surface area contributed by atoms with E-state index < -0.39 is 0 Å². The Kier molecular flexibility index (Phi) is 4.86. The first-order valence-electron chi connectivity index (χ1n) is 7.75. The van der Waals surface area contributed by atoms with Gasteiger partial charge in [-0.3, -0.25) is 9.59 Å². The molecular weight excluding hydrogens is 268 g/mol. The van der Waals surface area contributed by atoms with Crippen LogP contribution in [0.2, 0.25) is 0 Å². The predicted octanol–water partition coefficient (Wildman–Crippen LogP) is 3.73. The van der Waals surface area contributed by atoms with E-state index in [-0.39, 0.29) is 17.9 Å². The zero-order valence-electron chi connectivity index (χ0n) is 13.3. The molecule has 0 saturated carbocycles. The minimum Gasteiger partial charge on any atom is -0.427 e. The highest BCUT2D eigenvalue weighted by Gasteiger charge is 2.37. The molecule has 3 unspecified atom stereocenters. The molecule has 4 nitrogen and oxygen atoms in total. The van der Waals surface area contributed by atoms with Gasteiger partial charge in [-0.25, -0.2) is 0 Å². The minimum atomic E-state index is -0.371. The van der Waals surface area contributed by atoms with Crippen LogP contribution in [0.4, 0.5) is 0 Å². The number of carbonyl (C=O) groups excluding carboxylic acids is 2. The molecule has 2 aliphatic rings. The lowest BCUT2D eigenvalue weighted by Gasteiger charge is -2.36. The molecule has 21 heavy (non-hydrogen) atoms. The van der Waals surface area contributed by atoms with E-state index in [1.54, 1.807) is 0 Å². The van der Waals surface area contributed by atoms with Crippen LogP contribution in [0.15, 0.2) is 23.2 Å². The maximum absolute atomic E-state index is 11.5. The fraction of sp³-hybridized carbons (Fsp3) is 0.647. The van der Waals surface area contributed by atoms with Crippen LogP contribution < -0.4 is 0 Å². The Morgan fingerprint density at radius 2 is 1.86 bits per heavy atom. The first-order chi connectivity index (χ1) is 9.92. The van der Waals surface area contributed by atoms with Crippen LogP contribution in [0.25, 0.3) is 0 Å². The van der Waals surface area contributed by atoms with E-state index in [0.29, 0.717) is 23.4 Å². The van der Waals surface area contributed by atoms with E-state index in [4.69, 9.17) is 9.47 Å². The highest BCUT2D eigenvalue weighted by atomic mass is 16.6. The molecule has 0 aromatic rings. The number of hydrogen-bond donors (Lipinski definition) is 0. The van der Waals surface area contributed by atoms with Crippen molar-refractivity contribution in [1.29, 1.82) is 0 Å². The maximum atomic E-state index is 11.5. The lowest BCUT2D eigenvalue weighted by atomic mass is 9.72. The number of carbonyl (C=O) groups is 2. The quantitative estimate of drug-likeness (QED) is 0.744. The Labute approximate surface area is 126 Å². The van der Waals surface area contributed by atoms with E-state index in [0.717, 1.165) is 31.3 Å². The topological polar surface area (TPSA) is 52.6 Å². The highest BCUT2D eigenvalue weighted by molar-refractivity contribution is 5.70. The number of ether oxygens (including phenoxy) is 2. The molecule has 116 valence electrons. The second-order valence-corrected chi connectivity index (χ2v) is 6.10. The predicted molar refractivity (Wildman–Crippen MR) is 78.9 cm³/mol. The SMILES string of the molecule is CCC1CC2CCC(C)C=C2C(OC(C)=O)=C1OC(C)=O. The smallest absolute Gasteiger partial charge is 0.308 e. The maximum Gasteiger partial charge on any atom is 0.308 e. The summed E-state index contributed by atoms with van der Waals surface area (Å²) in [4.78, 5) is 22.9. The zero-order chi connectivity index (χ0) is 15.6. The van der Waals surface area contributed by atoms with Gasteiger partial charge in [0.15, 0.2) is 11.5 Å². The number of rotatable bonds is 3. The molecule has 0 spiro atoms. The average molecular weight is 292 g/mol. The summed E-state index contributed by atoms with van der Waals surface area (Å²) in [5.74, 6) is 1.29. The van der Waals surface area contributed by atoms with Crippen LogP contribution in [0, 0.1) is 17.8 Å². The summed E-state index contributed by atoms with van der Waals surface area (Å²) in [7, 11) is 0. The fourth-order valence-electron chi connectivity index (χ4n) is 3.32. The van der Waals surface area contributed by atoms with E-state index in [1.807, 2.05) is 0 Å². The van der Waals surface area contributed by atoms with Gasteiger partial charge in [0.1, 0.15) is 0 Å². The van der Waals surface area contributed by atoms with Gasteiger partial charge in [0.05, 0.1) is 0 Å². The Bertz CT molecular complexity index is 501. The average Bonchev–Trinajstić information content (AvgIpc) is 2.40. The standard InChI is InChI=1S/C17H24O4/c1-5-13-9-14-7-6-10(2)8-15(14)17(21-12(4)19)16(13)20-11(3)18/h8,10,13-14H,5-7,9H2,1-4H3. The van der Waals surface area contributed by atoms with E-state index in [9.17, 15) is 9.59 Å². The van der Waals surface area contributed by atoms with Crippen molar-refractivity contribution in [3.8, 4) is 0 Å². The van der Waals surface area contributed by atoms with Crippen LogP contribution in [-0.2, 0) is 19.1 Å². The van der Waals surface area contributed by atoms with Gasteiger partial charge < -0.3 is 9.47 Å². The van der Waals surface area contributed by atoms with Gasteiger partial charge in [0.25, 0.3) is 0 Å². The Morgan fingerprint density at radius 3 is 2.43 bits per heavy atom. The summed E-state index contributed by atoms with van der Waals surface area (Å²) in [6.07, 6.45) is 6.25. The van der Waals surface area contributed by atoms with Gasteiger partial charge in [-0.2, -0.15) is 0 Å². The second-order valence-electron chi connectivity index (χ2n) is 6.10. The third kappa shape index (κ3) is 3.55.